The highest BCUT2D eigenvalue weighted by Crippen LogP contribution is 2.38. The van der Waals surface area contributed by atoms with Crippen molar-refractivity contribution in [3.63, 3.8) is 0 Å². The average Bonchev–Trinajstić information content (AvgIpc) is 3.17. The second-order valence-electron chi connectivity index (χ2n) is 6.59. The van der Waals surface area contributed by atoms with Gasteiger partial charge in [-0.05, 0) is 16.3 Å². The summed E-state index contributed by atoms with van der Waals surface area (Å²) in [4.78, 5) is 29.7. The molecule has 2 aromatic carbocycles. The number of anilines is 2. The first-order valence-corrected chi connectivity index (χ1v) is 8.52. The van der Waals surface area contributed by atoms with Crippen molar-refractivity contribution in [2.45, 2.75) is 6.04 Å². The third-order valence-corrected chi connectivity index (χ3v) is 5.14. The summed E-state index contributed by atoms with van der Waals surface area (Å²) in [6, 6.07) is 13.5. The molecule has 0 bridgehead atoms. The van der Waals surface area contributed by atoms with Crippen LogP contribution in [0.3, 0.4) is 0 Å². The van der Waals surface area contributed by atoms with Gasteiger partial charge in [0, 0.05) is 14.1 Å². The summed E-state index contributed by atoms with van der Waals surface area (Å²) in [5.41, 5.74) is 0.655. The molecule has 0 fully saturated rings. The minimum atomic E-state index is -0.490. The van der Waals surface area contributed by atoms with E-state index >= 15 is 0 Å². The fourth-order valence-electron chi connectivity index (χ4n) is 3.80. The van der Waals surface area contributed by atoms with E-state index in [4.69, 9.17) is 0 Å². The summed E-state index contributed by atoms with van der Waals surface area (Å²) < 4.78 is 4.25. The van der Waals surface area contributed by atoms with Crippen LogP contribution in [0.5, 0.6) is 0 Å². The number of fused-ring (bicyclic) bond motifs is 3. The number of hydrogen-bond acceptors (Lipinski definition) is 5. The monoisotopic (exact) mass is 360 g/mol. The van der Waals surface area contributed by atoms with E-state index in [1.54, 1.807) is 11.7 Å². The summed E-state index contributed by atoms with van der Waals surface area (Å²) in [6.07, 6.45) is 1.44. The van der Waals surface area contributed by atoms with Crippen LogP contribution in [0.1, 0.15) is 17.2 Å². The molecule has 0 radical (unpaired) electrons. The SMILES string of the molecule is Cn1c2c(c(=O)n(C)c1=O)C(c1cccc3ccccc13)n1ncnc1N2. The zero-order valence-electron chi connectivity index (χ0n) is 14.7. The Hall–Kier alpha value is -3.68. The Kier molecular flexibility index (Phi) is 3.12. The topological polar surface area (TPSA) is 86.7 Å². The van der Waals surface area contributed by atoms with Crippen molar-refractivity contribution >= 4 is 22.5 Å². The zero-order chi connectivity index (χ0) is 18.7. The van der Waals surface area contributed by atoms with E-state index in [1.807, 2.05) is 42.5 Å². The first-order chi connectivity index (χ1) is 13.1. The Morgan fingerprint density at radius 2 is 1.78 bits per heavy atom. The number of aromatic nitrogens is 5. The van der Waals surface area contributed by atoms with E-state index in [2.05, 4.69) is 15.4 Å². The molecule has 5 rings (SSSR count). The van der Waals surface area contributed by atoms with Gasteiger partial charge in [-0.1, -0.05) is 42.5 Å². The lowest BCUT2D eigenvalue weighted by Gasteiger charge is -2.29. The van der Waals surface area contributed by atoms with Crippen molar-refractivity contribution < 1.29 is 0 Å². The van der Waals surface area contributed by atoms with Crippen molar-refractivity contribution in [1.82, 2.24) is 23.9 Å². The number of hydrogen-bond donors (Lipinski definition) is 1. The van der Waals surface area contributed by atoms with Gasteiger partial charge in [0.05, 0.1) is 5.56 Å². The Labute approximate surface area is 153 Å². The molecular formula is C19H16N6O2. The van der Waals surface area contributed by atoms with Crippen LogP contribution in [0.25, 0.3) is 10.8 Å². The van der Waals surface area contributed by atoms with Crippen LogP contribution in [0.2, 0.25) is 0 Å². The molecule has 2 aromatic heterocycles. The normalized spacial score (nSPS) is 15.3. The molecule has 3 heterocycles. The Morgan fingerprint density at radius 3 is 2.63 bits per heavy atom. The lowest BCUT2D eigenvalue weighted by Crippen LogP contribution is -2.43. The van der Waals surface area contributed by atoms with Crippen LogP contribution in [0, 0.1) is 0 Å². The highest BCUT2D eigenvalue weighted by Gasteiger charge is 2.34. The molecule has 0 spiro atoms. The molecule has 0 saturated heterocycles. The quantitative estimate of drug-likeness (QED) is 0.490. The van der Waals surface area contributed by atoms with Gasteiger partial charge in [-0.25, -0.2) is 9.48 Å². The van der Waals surface area contributed by atoms with Crippen LogP contribution in [-0.4, -0.2) is 23.9 Å². The number of nitrogens with zero attached hydrogens (tertiary/aromatic N) is 5. The highest BCUT2D eigenvalue weighted by molar-refractivity contribution is 5.87. The standard InChI is InChI=1S/C19H16N6O2/c1-23-16-14(17(26)24(2)19(23)27)15(25-18(22-16)20-10-21-25)13-9-5-7-11-6-3-4-8-12(11)13/h3-10,15H,1-2H3,(H,20,21,22). The van der Waals surface area contributed by atoms with Crippen molar-refractivity contribution in [3.05, 3.63) is 80.8 Å². The second kappa shape index (κ2) is 5.41. The minimum absolute atomic E-state index is 0.348. The Bertz CT molecular complexity index is 1330. The largest absolute Gasteiger partial charge is 0.332 e. The smallest absolute Gasteiger partial charge is 0.310 e. The molecule has 0 amide bonds. The van der Waals surface area contributed by atoms with E-state index in [-0.39, 0.29) is 5.56 Å². The van der Waals surface area contributed by atoms with Gasteiger partial charge in [-0.2, -0.15) is 10.1 Å². The lowest BCUT2D eigenvalue weighted by molar-refractivity contribution is 0.561. The summed E-state index contributed by atoms with van der Waals surface area (Å²) in [5, 5.41) is 9.53. The molecule has 0 saturated carbocycles. The molecule has 1 aliphatic heterocycles. The van der Waals surface area contributed by atoms with Gasteiger partial charge in [-0.15, -0.1) is 0 Å². The first-order valence-electron chi connectivity index (χ1n) is 8.52. The van der Waals surface area contributed by atoms with Crippen LogP contribution in [0.15, 0.2) is 58.4 Å². The molecule has 0 aliphatic carbocycles. The van der Waals surface area contributed by atoms with Gasteiger partial charge in [0.2, 0.25) is 5.95 Å². The van der Waals surface area contributed by atoms with E-state index in [1.165, 1.54) is 17.9 Å². The fourth-order valence-corrected chi connectivity index (χ4v) is 3.80. The molecule has 1 unspecified atom stereocenters. The third kappa shape index (κ3) is 2.03. The highest BCUT2D eigenvalue weighted by atomic mass is 16.2. The molecular weight excluding hydrogens is 344 g/mol. The minimum Gasteiger partial charge on any atom is -0.310 e. The summed E-state index contributed by atoms with van der Waals surface area (Å²) in [6.45, 7) is 0. The van der Waals surface area contributed by atoms with Crippen LogP contribution < -0.4 is 16.6 Å². The third-order valence-electron chi connectivity index (χ3n) is 5.14. The van der Waals surface area contributed by atoms with Crippen LogP contribution in [0.4, 0.5) is 11.8 Å². The molecule has 1 aliphatic rings. The van der Waals surface area contributed by atoms with Crippen molar-refractivity contribution in [3.8, 4) is 0 Å². The van der Waals surface area contributed by atoms with Gasteiger partial charge >= 0.3 is 5.69 Å². The predicted octanol–water partition coefficient (Wildman–Crippen LogP) is 1.52. The second-order valence-corrected chi connectivity index (χ2v) is 6.59. The van der Waals surface area contributed by atoms with Crippen LogP contribution >= 0.6 is 0 Å². The van der Waals surface area contributed by atoms with E-state index in [0.717, 1.165) is 20.9 Å². The summed E-state index contributed by atoms with van der Waals surface area (Å²) in [7, 11) is 3.13. The fraction of sp³-hybridized carbons (Fsp3) is 0.158. The molecule has 1 atom stereocenters. The number of rotatable bonds is 1. The van der Waals surface area contributed by atoms with Gasteiger partial charge in [-0.3, -0.25) is 13.9 Å². The van der Waals surface area contributed by atoms with Gasteiger partial charge in [0.15, 0.2) is 0 Å². The average molecular weight is 360 g/mol. The Morgan fingerprint density at radius 1 is 1.00 bits per heavy atom. The summed E-state index contributed by atoms with van der Waals surface area (Å²) in [5.74, 6) is 0.935. The summed E-state index contributed by atoms with van der Waals surface area (Å²) >= 11 is 0. The van der Waals surface area contributed by atoms with Gasteiger partial charge in [0.25, 0.3) is 5.56 Å². The molecule has 4 aromatic rings. The molecule has 1 N–H and O–H groups in total. The molecule has 8 heteroatoms. The zero-order valence-corrected chi connectivity index (χ0v) is 14.7. The predicted molar refractivity (Wildman–Crippen MR) is 101 cm³/mol. The number of benzene rings is 2. The molecule has 8 nitrogen and oxygen atoms in total. The van der Waals surface area contributed by atoms with Crippen LogP contribution in [-0.2, 0) is 14.1 Å². The number of nitrogens with one attached hydrogen (secondary N) is 1. The first kappa shape index (κ1) is 15.6. The van der Waals surface area contributed by atoms with Crippen molar-refractivity contribution in [2.75, 3.05) is 5.32 Å². The maximum atomic E-state index is 13.1. The lowest BCUT2D eigenvalue weighted by atomic mass is 9.93. The molecule has 27 heavy (non-hydrogen) atoms. The van der Waals surface area contributed by atoms with Gasteiger partial charge < -0.3 is 5.32 Å². The van der Waals surface area contributed by atoms with E-state index in [9.17, 15) is 9.59 Å². The maximum Gasteiger partial charge on any atom is 0.332 e. The maximum absolute atomic E-state index is 13.1. The Balaban J connectivity index is 1.93. The van der Waals surface area contributed by atoms with E-state index < -0.39 is 11.7 Å². The van der Waals surface area contributed by atoms with Gasteiger partial charge in [0.1, 0.15) is 18.2 Å². The molecule has 134 valence electrons. The van der Waals surface area contributed by atoms with Crippen molar-refractivity contribution in [1.29, 1.82) is 0 Å². The van der Waals surface area contributed by atoms with Crippen molar-refractivity contribution in [2.24, 2.45) is 14.1 Å². The van der Waals surface area contributed by atoms with E-state index in [0.29, 0.717) is 17.3 Å².